The Morgan fingerprint density at radius 2 is 1.65 bits per heavy atom. The Kier molecular flexibility index (Phi) is 8.77. The molecule has 1 atom stereocenters. The van der Waals surface area contributed by atoms with E-state index in [0.29, 0.717) is 0 Å². The van der Waals surface area contributed by atoms with E-state index < -0.39 is 5.97 Å². The third-order valence-corrected chi connectivity index (χ3v) is 3.87. The minimum absolute atomic E-state index is 0.136. The first-order valence-corrected chi connectivity index (χ1v) is 8.00. The highest BCUT2D eigenvalue weighted by Gasteiger charge is 2.16. The topological polar surface area (TPSA) is 37.3 Å². The van der Waals surface area contributed by atoms with E-state index in [9.17, 15) is 9.90 Å². The maximum Gasteiger partial charge on any atom is 0.306 e. The Hall–Kier alpha value is -1.31. The molecular formula is C18H28O2. The predicted molar refractivity (Wildman–Crippen MR) is 83.9 cm³/mol. The highest BCUT2D eigenvalue weighted by Crippen LogP contribution is 2.18. The van der Waals surface area contributed by atoms with Crippen LogP contribution in [0.3, 0.4) is 0 Å². The van der Waals surface area contributed by atoms with Crippen molar-refractivity contribution in [3.8, 4) is 0 Å². The molecule has 0 saturated carbocycles. The predicted octanol–water partition coefficient (Wildman–Crippen LogP) is 5.07. The van der Waals surface area contributed by atoms with Crippen LogP contribution < -0.4 is 0 Å². The summed E-state index contributed by atoms with van der Waals surface area (Å²) >= 11 is 0. The van der Waals surface area contributed by atoms with Gasteiger partial charge in [-0.25, -0.2) is 0 Å². The molecule has 1 aromatic rings. The zero-order chi connectivity index (χ0) is 14.6. The van der Waals surface area contributed by atoms with E-state index in [2.05, 4.69) is 31.2 Å². The second-order valence-corrected chi connectivity index (χ2v) is 5.62. The Morgan fingerprint density at radius 3 is 2.25 bits per heavy atom. The number of carboxylic acids is 1. The lowest BCUT2D eigenvalue weighted by atomic mass is 9.94. The number of aliphatic carboxylic acids is 1. The molecule has 2 nitrogen and oxygen atoms in total. The standard InChI is InChI=1S/C18H28O2/c1-2-3-4-8-14-17(18(19)20)15-10-9-13-16-11-6-5-7-12-16/h5-7,11-12,17H,2-4,8-10,13-15H2,1H3,(H,19,20)/t17-/m0/s1. The van der Waals surface area contributed by atoms with Gasteiger partial charge in [-0.3, -0.25) is 4.79 Å². The number of benzene rings is 1. The largest absolute Gasteiger partial charge is 0.481 e. The molecule has 0 aliphatic carbocycles. The van der Waals surface area contributed by atoms with E-state index in [1.807, 2.05) is 6.07 Å². The van der Waals surface area contributed by atoms with Gasteiger partial charge in [-0.05, 0) is 31.2 Å². The molecule has 0 heterocycles. The molecule has 0 aliphatic heterocycles. The minimum atomic E-state index is -0.610. The SMILES string of the molecule is CCCCCC[C@@H](CCCCc1ccccc1)C(=O)O. The maximum absolute atomic E-state index is 11.2. The molecular weight excluding hydrogens is 248 g/mol. The van der Waals surface area contributed by atoms with Crippen LogP contribution in [0.25, 0.3) is 0 Å². The summed E-state index contributed by atoms with van der Waals surface area (Å²) in [6.45, 7) is 2.18. The average molecular weight is 276 g/mol. The van der Waals surface area contributed by atoms with Crippen molar-refractivity contribution in [3.05, 3.63) is 35.9 Å². The summed E-state index contributed by atoms with van der Waals surface area (Å²) in [6, 6.07) is 10.4. The van der Waals surface area contributed by atoms with Crippen LogP contribution in [-0.2, 0) is 11.2 Å². The van der Waals surface area contributed by atoms with E-state index in [1.54, 1.807) is 0 Å². The lowest BCUT2D eigenvalue weighted by Crippen LogP contribution is -2.13. The van der Waals surface area contributed by atoms with Gasteiger partial charge in [0.25, 0.3) is 0 Å². The smallest absolute Gasteiger partial charge is 0.306 e. The van der Waals surface area contributed by atoms with Crippen molar-refractivity contribution in [3.63, 3.8) is 0 Å². The summed E-state index contributed by atoms with van der Waals surface area (Å²) in [6.07, 6.45) is 9.49. The summed E-state index contributed by atoms with van der Waals surface area (Å²) in [5, 5.41) is 9.25. The molecule has 0 amide bonds. The fraction of sp³-hybridized carbons (Fsp3) is 0.611. The molecule has 0 radical (unpaired) electrons. The van der Waals surface area contributed by atoms with E-state index in [-0.39, 0.29) is 5.92 Å². The first kappa shape index (κ1) is 16.7. The van der Waals surface area contributed by atoms with Crippen molar-refractivity contribution in [2.75, 3.05) is 0 Å². The molecule has 0 unspecified atom stereocenters. The Labute approximate surface area is 123 Å². The lowest BCUT2D eigenvalue weighted by molar-refractivity contribution is -0.142. The Balaban J connectivity index is 2.17. The van der Waals surface area contributed by atoms with Crippen LogP contribution in [0.2, 0.25) is 0 Å². The summed E-state index contributed by atoms with van der Waals surface area (Å²) in [7, 11) is 0. The molecule has 0 aliphatic rings. The van der Waals surface area contributed by atoms with Crippen LogP contribution in [-0.4, -0.2) is 11.1 Å². The third kappa shape index (κ3) is 7.32. The van der Waals surface area contributed by atoms with Gasteiger partial charge in [-0.1, -0.05) is 69.4 Å². The molecule has 1 rings (SSSR count). The second-order valence-electron chi connectivity index (χ2n) is 5.62. The quantitative estimate of drug-likeness (QED) is 0.573. The Bertz CT molecular complexity index is 359. The zero-order valence-corrected chi connectivity index (χ0v) is 12.7. The van der Waals surface area contributed by atoms with Gasteiger partial charge in [0.05, 0.1) is 5.92 Å². The number of carboxylic acid groups (broad SMARTS) is 1. The molecule has 2 heteroatoms. The van der Waals surface area contributed by atoms with Crippen molar-refractivity contribution in [1.82, 2.24) is 0 Å². The van der Waals surface area contributed by atoms with E-state index in [0.717, 1.165) is 38.5 Å². The van der Waals surface area contributed by atoms with Crippen LogP contribution in [0.4, 0.5) is 0 Å². The monoisotopic (exact) mass is 276 g/mol. The van der Waals surface area contributed by atoms with Crippen molar-refractivity contribution in [2.24, 2.45) is 5.92 Å². The third-order valence-electron chi connectivity index (χ3n) is 3.87. The van der Waals surface area contributed by atoms with Gasteiger partial charge in [-0.15, -0.1) is 0 Å². The number of aryl methyl sites for hydroxylation is 1. The number of rotatable bonds is 11. The van der Waals surface area contributed by atoms with Crippen LogP contribution in [0.15, 0.2) is 30.3 Å². The van der Waals surface area contributed by atoms with Crippen LogP contribution >= 0.6 is 0 Å². The average Bonchev–Trinajstić information content (AvgIpc) is 2.46. The van der Waals surface area contributed by atoms with Crippen molar-refractivity contribution in [2.45, 2.75) is 64.7 Å². The first-order chi connectivity index (χ1) is 9.74. The summed E-state index contributed by atoms with van der Waals surface area (Å²) in [5.41, 5.74) is 1.35. The number of hydrogen-bond acceptors (Lipinski definition) is 1. The lowest BCUT2D eigenvalue weighted by Gasteiger charge is -2.12. The summed E-state index contributed by atoms with van der Waals surface area (Å²) < 4.78 is 0. The van der Waals surface area contributed by atoms with Gasteiger partial charge in [0.15, 0.2) is 0 Å². The van der Waals surface area contributed by atoms with E-state index in [4.69, 9.17) is 0 Å². The normalized spacial score (nSPS) is 12.2. The molecule has 20 heavy (non-hydrogen) atoms. The van der Waals surface area contributed by atoms with Crippen LogP contribution in [0.5, 0.6) is 0 Å². The van der Waals surface area contributed by atoms with Gasteiger partial charge < -0.3 is 5.11 Å². The van der Waals surface area contributed by atoms with Gasteiger partial charge >= 0.3 is 5.97 Å². The molecule has 0 fully saturated rings. The molecule has 0 spiro atoms. The van der Waals surface area contributed by atoms with E-state index >= 15 is 0 Å². The molecule has 1 aromatic carbocycles. The van der Waals surface area contributed by atoms with Gasteiger partial charge in [0.1, 0.15) is 0 Å². The molecule has 1 N–H and O–H groups in total. The highest BCUT2D eigenvalue weighted by molar-refractivity contribution is 5.69. The number of hydrogen-bond donors (Lipinski definition) is 1. The molecule has 112 valence electrons. The Morgan fingerprint density at radius 1 is 1.00 bits per heavy atom. The summed E-state index contributed by atoms with van der Waals surface area (Å²) in [4.78, 5) is 11.2. The van der Waals surface area contributed by atoms with Crippen molar-refractivity contribution >= 4 is 5.97 Å². The van der Waals surface area contributed by atoms with Gasteiger partial charge in [-0.2, -0.15) is 0 Å². The zero-order valence-electron chi connectivity index (χ0n) is 12.7. The van der Waals surface area contributed by atoms with Crippen molar-refractivity contribution < 1.29 is 9.90 Å². The number of unbranched alkanes of at least 4 members (excludes halogenated alkanes) is 4. The molecule has 0 bridgehead atoms. The highest BCUT2D eigenvalue weighted by atomic mass is 16.4. The van der Waals surface area contributed by atoms with Gasteiger partial charge in [0, 0.05) is 0 Å². The second kappa shape index (κ2) is 10.5. The molecule has 0 saturated heterocycles. The van der Waals surface area contributed by atoms with Crippen LogP contribution in [0.1, 0.15) is 63.9 Å². The minimum Gasteiger partial charge on any atom is -0.481 e. The summed E-state index contributed by atoms with van der Waals surface area (Å²) in [5.74, 6) is -0.746. The number of carbonyl (C=O) groups is 1. The fourth-order valence-electron chi connectivity index (χ4n) is 2.57. The van der Waals surface area contributed by atoms with Crippen LogP contribution in [0, 0.1) is 5.92 Å². The molecule has 0 aromatic heterocycles. The van der Waals surface area contributed by atoms with Gasteiger partial charge in [0.2, 0.25) is 0 Å². The first-order valence-electron chi connectivity index (χ1n) is 8.00. The van der Waals surface area contributed by atoms with E-state index in [1.165, 1.54) is 24.8 Å². The fourth-order valence-corrected chi connectivity index (χ4v) is 2.57. The van der Waals surface area contributed by atoms with Crippen molar-refractivity contribution in [1.29, 1.82) is 0 Å². The maximum atomic E-state index is 11.2.